The Morgan fingerprint density at radius 1 is 1.45 bits per heavy atom. The molecule has 66 valence electrons. The zero-order chi connectivity index (χ0) is 8.32. The summed E-state index contributed by atoms with van der Waals surface area (Å²) in [6.45, 7) is 5.31. The van der Waals surface area contributed by atoms with E-state index >= 15 is 0 Å². The second-order valence-electron chi connectivity index (χ2n) is 3.60. The maximum Gasteiger partial charge on any atom is 0.0196 e. The average Bonchev–Trinajstić information content (AvgIpc) is 2.49. The molecule has 1 aliphatic rings. The van der Waals surface area contributed by atoms with Gasteiger partial charge in [-0.3, -0.25) is 0 Å². The molecule has 3 N–H and O–H groups in total. The first-order valence-corrected chi connectivity index (χ1v) is 4.74. The van der Waals surface area contributed by atoms with Crippen molar-refractivity contribution >= 4 is 0 Å². The van der Waals surface area contributed by atoms with Crippen LogP contribution in [0.4, 0.5) is 0 Å². The molecule has 0 aromatic carbocycles. The fourth-order valence-electron chi connectivity index (χ4n) is 2.01. The second kappa shape index (κ2) is 3.55. The SMILES string of the molecule is CCC1(CC)CCC(CN)N1. The number of nitrogens with two attached hydrogens (primary N) is 1. The highest BCUT2D eigenvalue weighted by molar-refractivity contribution is 4.95. The van der Waals surface area contributed by atoms with Gasteiger partial charge in [-0.2, -0.15) is 0 Å². The Kier molecular flexibility index (Phi) is 2.90. The topological polar surface area (TPSA) is 38.0 Å². The summed E-state index contributed by atoms with van der Waals surface area (Å²) in [5.41, 5.74) is 6.02. The van der Waals surface area contributed by atoms with E-state index < -0.39 is 0 Å². The molecule has 1 heterocycles. The fraction of sp³-hybridized carbons (Fsp3) is 1.00. The van der Waals surface area contributed by atoms with Crippen LogP contribution in [0, 0.1) is 0 Å². The van der Waals surface area contributed by atoms with E-state index in [1.165, 1.54) is 25.7 Å². The van der Waals surface area contributed by atoms with Crippen molar-refractivity contribution in [2.75, 3.05) is 6.54 Å². The van der Waals surface area contributed by atoms with Crippen LogP contribution in [-0.4, -0.2) is 18.1 Å². The van der Waals surface area contributed by atoms with Gasteiger partial charge in [-0.15, -0.1) is 0 Å². The smallest absolute Gasteiger partial charge is 0.0196 e. The molecule has 0 aromatic heterocycles. The van der Waals surface area contributed by atoms with Crippen LogP contribution in [0.2, 0.25) is 0 Å². The lowest BCUT2D eigenvalue weighted by molar-refractivity contribution is 0.334. The van der Waals surface area contributed by atoms with Crippen molar-refractivity contribution < 1.29 is 0 Å². The first kappa shape index (κ1) is 9.01. The molecule has 1 unspecified atom stereocenters. The van der Waals surface area contributed by atoms with Crippen LogP contribution >= 0.6 is 0 Å². The van der Waals surface area contributed by atoms with E-state index in [2.05, 4.69) is 19.2 Å². The molecule has 2 heteroatoms. The van der Waals surface area contributed by atoms with Crippen molar-refractivity contribution in [3.63, 3.8) is 0 Å². The molecule has 1 atom stereocenters. The first-order chi connectivity index (χ1) is 5.26. The molecule has 11 heavy (non-hydrogen) atoms. The van der Waals surface area contributed by atoms with E-state index in [4.69, 9.17) is 5.73 Å². The van der Waals surface area contributed by atoms with Crippen LogP contribution in [0.1, 0.15) is 39.5 Å². The van der Waals surface area contributed by atoms with E-state index in [0.717, 1.165) is 6.54 Å². The third kappa shape index (κ3) is 1.74. The maximum absolute atomic E-state index is 5.60. The first-order valence-electron chi connectivity index (χ1n) is 4.74. The lowest BCUT2D eigenvalue weighted by atomic mass is 9.91. The van der Waals surface area contributed by atoms with Crippen molar-refractivity contribution in [2.45, 2.75) is 51.1 Å². The van der Waals surface area contributed by atoms with E-state index in [0.29, 0.717) is 11.6 Å². The van der Waals surface area contributed by atoms with Gasteiger partial charge in [0.05, 0.1) is 0 Å². The van der Waals surface area contributed by atoms with Crippen molar-refractivity contribution in [3.8, 4) is 0 Å². The number of rotatable bonds is 3. The summed E-state index contributed by atoms with van der Waals surface area (Å²) >= 11 is 0. The van der Waals surface area contributed by atoms with Crippen molar-refractivity contribution in [1.29, 1.82) is 0 Å². The molecule has 1 rings (SSSR count). The highest BCUT2D eigenvalue weighted by atomic mass is 15.0. The molecule has 2 nitrogen and oxygen atoms in total. The summed E-state index contributed by atoms with van der Waals surface area (Å²) in [5, 5.41) is 3.63. The van der Waals surface area contributed by atoms with Gasteiger partial charge in [0.15, 0.2) is 0 Å². The predicted octanol–water partition coefficient (Wildman–Crippen LogP) is 1.26. The van der Waals surface area contributed by atoms with Gasteiger partial charge in [0.25, 0.3) is 0 Å². The summed E-state index contributed by atoms with van der Waals surface area (Å²) in [6.07, 6.45) is 5.04. The summed E-state index contributed by atoms with van der Waals surface area (Å²) in [5.74, 6) is 0. The minimum atomic E-state index is 0.421. The zero-order valence-electron chi connectivity index (χ0n) is 7.69. The third-order valence-corrected chi connectivity index (χ3v) is 3.12. The number of nitrogens with one attached hydrogen (secondary N) is 1. The van der Waals surface area contributed by atoms with Crippen LogP contribution < -0.4 is 11.1 Å². The molecule has 1 aliphatic heterocycles. The molecule has 1 fully saturated rings. The Hall–Kier alpha value is -0.0800. The molecular weight excluding hydrogens is 136 g/mol. The standard InChI is InChI=1S/C9H20N2/c1-3-9(4-2)6-5-8(7-10)11-9/h8,11H,3-7,10H2,1-2H3. The molecule has 0 aromatic rings. The Balaban J connectivity index is 2.48. The number of hydrogen-bond acceptors (Lipinski definition) is 2. The minimum absolute atomic E-state index is 0.421. The Morgan fingerprint density at radius 2 is 2.09 bits per heavy atom. The molecule has 0 radical (unpaired) electrons. The molecule has 0 bridgehead atoms. The van der Waals surface area contributed by atoms with Gasteiger partial charge in [0, 0.05) is 18.1 Å². The molecular formula is C9H20N2. The van der Waals surface area contributed by atoms with Crippen molar-refractivity contribution in [2.24, 2.45) is 5.73 Å². The summed E-state index contributed by atoms with van der Waals surface area (Å²) in [6, 6.07) is 0.579. The molecule has 0 amide bonds. The van der Waals surface area contributed by atoms with Crippen LogP contribution in [0.25, 0.3) is 0 Å². The van der Waals surface area contributed by atoms with Crippen molar-refractivity contribution in [1.82, 2.24) is 5.32 Å². The van der Waals surface area contributed by atoms with E-state index in [9.17, 15) is 0 Å². The minimum Gasteiger partial charge on any atom is -0.329 e. The maximum atomic E-state index is 5.60. The van der Waals surface area contributed by atoms with E-state index in [1.807, 2.05) is 0 Å². The summed E-state index contributed by atoms with van der Waals surface area (Å²) in [4.78, 5) is 0. The van der Waals surface area contributed by atoms with Gasteiger partial charge in [-0.25, -0.2) is 0 Å². The van der Waals surface area contributed by atoms with Gasteiger partial charge >= 0.3 is 0 Å². The van der Waals surface area contributed by atoms with Crippen LogP contribution in [0.5, 0.6) is 0 Å². The van der Waals surface area contributed by atoms with Gasteiger partial charge < -0.3 is 11.1 Å². The summed E-state index contributed by atoms with van der Waals surface area (Å²) < 4.78 is 0. The largest absolute Gasteiger partial charge is 0.329 e. The predicted molar refractivity (Wildman–Crippen MR) is 48.5 cm³/mol. The van der Waals surface area contributed by atoms with Crippen molar-refractivity contribution in [3.05, 3.63) is 0 Å². The van der Waals surface area contributed by atoms with Crippen LogP contribution in [0.3, 0.4) is 0 Å². The monoisotopic (exact) mass is 156 g/mol. The lowest BCUT2D eigenvalue weighted by Gasteiger charge is -2.27. The second-order valence-corrected chi connectivity index (χ2v) is 3.60. The molecule has 0 spiro atoms. The fourth-order valence-corrected chi connectivity index (χ4v) is 2.01. The van der Waals surface area contributed by atoms with E-state index in [-0.39, 0.29) is 0 Å². The molecule has 0 aliphatic carbocycles. The highest BCUT2D eigenvalue weighted by Crippen LogP contribution is 2.28. The van der Waals surface area contributed by atoms with Gasteiger partial charge in [-0.05, 0) is 25.7 Å². The zero-order valence-corrected chi connectivity index (χ0v) is 7.69. The normalized spacial score (nSPS) is 29.2. The molecule has 1 saturated heterocycles. The molecule has 0 saturated carbocycles. The Bertz CT molecular complexity index is 119. The Morgan fingerprint density at radius 3 is 2.36 bits per heavy atom. The number of hydrogen-bond donors (Lipinski definition) is 2. The quantitative estimate of drug-likeness (QED) is 0.645. The third-order valence-electron chi connectivity index (χ3n) is 3.12. The highest BCUT2D eigenvalue weighted by Gasteiger charge is 2.34. The Labute approximate surface area is 69.5 Å². The summed E-state index contributed by atoms with van der Waals surface area (Å²) in [7, 11) is 0. The van der Waals surface area contributed by atoms with Gasteiger partial charge in [0.1, 0.15) is 0 Å². The van der Waals surface area contributed by atoms with Gasteiger partial charge in [0.2, 0.25) is 0 Å². The van der Waals surface area contributed by atoms with Crippen LogP contribution in [-0.2, 0) is 0 Å². The van der Waals surface area contributed by atoms with E-state index in [1.54, 1.807) is 0 Å². The van der Waals surface area contributed by atoms with Crippen LogP contribution in [0.15, 0.2) is 0 Å². The van der Waals surface area contributed by atoms with Gasteiger partial charge in [-0.1, -0.05) is 13.8 Å². The lowest BCUT2D eigenvalue weighted by Crippen LogP contribution is -2.44. The average molecular weight is 156 g/mol.